The average Bonchev–Trinajstić information content (AvgIpc) is 2.46. The molecule has 10 heteroatoms. The lowest BCUT2D eigenvalue weighted by Gasteiger charge is -2.39. The Morgan fingerprint density at radius 1 is 1.26 bits per heavy atom. The Balaban J connectivity index is 2.26. The van der Waals surface area contributed by atoms with Gasteiger partial charge < -0.3 is 0 Å². The first-order chi connectivity index (χ1) is 10.9. The third kappa shape index (κ3) is 4.17. The molecule has 0 bridgehead atoms. The molecule has 2 rings (SSSR count). The predicted octanol–water partition coefficient (Wildman–Crippen LogP) is 3.29. The van der Waals surface area contributed by atoms with Gasteiger partial charge in [-0.25, -0.2) is 14.4 Å². The third-order valence-electron chi connectivity index (χ3n) is 3.24. The minimum atomic E-state index is -3.41. The van der Waals surface area contributed by atoms with Gasteiger partial charge in [-0.15, -0.1) is 23.2 Å². The zero-order valence-corrected chi connectivity index (χ0v) is 15.7. The number of thiocarbonyl (C=S) groups is 1. The second-order valence-electron chi connectivity index (χ2n) is 4.92. The summed E-state index contributed by atoms with van der Waals surface area (Å²) in [7, 11) is -3.41. The zero-order valence-electron chi connectivity index (χ0n) is 12.5. The molecule has 1 aliphatic heterocycles. The van der Waals surface area contributed by atoms with Gasteiger partial charge in [0.1, 0.15) is 0 Å². The summed E-state index contributed by atoms with van der Waals surface area (Å²) >= 11 is 16.7. The number of amides is 2. The number of rotatable bonds is 6. The highest BCUT2D eigenvalue weighted by atomic mass is 35.5. The van der Waals surface area contributed by atoms with Gasteiger partial charge in [-0.2, -0.15) is 0 Å². The number of urea groups is 1. The molecule has 0 spiro atoms. The van der Waals surface area contributed by atoms with Gasteiger partial charge in [-0.1, -0.05) is 12.1 Å². The van der Waals surface area contributed by atoms with Crippen LogP contribution in [0.1, 0.15) is 5.56 Å². The van der Waals surface area contributed by atoms with E-state index in [0.717, 1.165) is 5.56 Å². The number of anilines is 1. The molecule has 2 N–H and O–H groups in total. The van der Waals surface area contributed by atoms with Gasteiger partial charge in [-0.3, -0.25) is 14.7 Å². The lowest BCUT2D eigenvalue weighted by Crippen LogP contribution is -2.57. The number of carbonyl (C=O) groups excluding carboxylic acids is 1. The zero-order chi connectivity index (χ0) is 17.0. The lowest BCUT2D eigenvalue weighted by atomic mass is 10.2. The van der Waals surface area contributed by atoms with E-state index in [0.29, 0.717) is 18.8 Å². The summed E-state index contributed by atoms with van der Waals surface area (Å²) in [6, 6.07) is 6.76. The number of aryl methyl sites for hydroxylation is 1. The Morgan fingerprint density at radius 3 is 2.43 bits per heavy atom. The van der Waals surface area contributed by atoms with Crippen molar-refractivity contribution < 1.29 is 9.36 Å². The molecule has 1 heterocycles. The van der Waals surface area contributed by atoms with E-state index in [1.807, 2.05) is 25.1 Å². The van der Waals surface area contributed by atoms with Crippen molar-refractivity contribution >= 4 is 59.8 Å². The van der Waals surface area contributed by atoms with Gasteiger partial charge in [0.2, 0.25) is 0 Å². The molecular weight excluding hydrogens is 378 g/mol. The van der Waals surface area contributed by atoms with E-state index in [-0.39, 0.29) is 16.9 Å². The van der Waals surface area contributed by atoms with E-state index in [1.165, 1.54) is 9.57 Å². The fraction of sp³-hybridized carbons (Fsp3) is 0.385. The van der Waals surface area contributed by atoms with E-state index in [1.54, 1.807) is 6.07 Å². The first-order valence-corrected chi connectivity index (χ1v) is 10.0. The van der Waals surface area contributed by atoms with Crippen LogP contribution in [0.3, 0.4) is 0 Å². The van der Waals surface area contributed by atoms with Crippen molar-refractivity contribution in [3.63, 3.8) is 0 Å². The van der Waals surface area contributed by atoms with Crippen LogP contribution in [0.2, 0.25) is 0 Å². The van der Waals surface area contributed by atoms with Gasteiger partial charge in [0.05, 0.1) is 5.69 Å². The van der Waals surface area contributed by atoms with Gasteiger partial charge in [0.25, 0.3) is 0 Å². The van der Waals surface area contributed by atoms with Gasteiger partial charge in [0, 0.05) is 24.8 Å². The highest BCUT2D eigenvalue weighted by Crippen LogP contribution is 2.43. The summed E-state index contributed by atoms with van der Waals surface area (Å²) < 4.78 is 14.5. The normalized spacial score (nSPS) is 21.3. The molecule has 23 heavy (non-hydrogen) atoms. The van der Waals surface area contributed by atoms with Crippen LogP contribution in [0.5, 0.6) is 0 Å². The molecule has 126 valence electrons. The van der Waals surface area contributed by atoms with Crippen LogP contribution in [0.15, 0.2) is 24.3 Å². The van der Waals surface area contributed by atoms with Gasteiger partial charge in [0.15, 0.2) is 5.11 Å². The smallest absolute Gasteiger partial charge is 0.284 e. The topological polar surface area (TPSA) is 64.7 Å². The van der Waals surface area contributed by atoms with E-state index >= 15 is 0 Å². The lowest BCUT2D eigenvalue weighted by molar-refractivity contribution is 0.251. The Morgan fingerprint density at radius 2 is 1.91 bits per heavy atom. The van der Waals surface area contributed by atoms with Crippen LogP contribution >= 0.6 is 43.0 Å². The maximum atomic E-state index is 13.0. The second-order valence-corrected chi connectivity index (χ2v) is 8.22. The van der Waals surface area contributed by atoms with Crippen LogP contribution in [0.4, 0.5) is 10.5 Å². The number of hydrogen-bond donors (Lipinski definition) is 2. The van der Waals surface area contributed by atoms with Crippen molar-refractivity contribution in [3.8, 4) is 0 Å². The van der Waals surface area contributed by atoms with Crippen molar-refractivity contribution in [1.29, 1.82) is 0 Å². The highest BCUT2D eigenvalue weighted by molar-refractivity contribution is 7.81. The fourth-order valence-electron chi connectivity index (χ4n) is 2.21. The van der Waals surface area contributed by atoms with E-state index < -0.39 is 13.6 Å². The number of halogens is 2. The number of benzene rings is 1. The maximum absolute atomic E-state index is 13.0. The summed E-state index contributed by atoms with van der Waals surface area (Å²) in [5.41, 5.74) is 1.59. The molecule has 2 amide bonds. The molecule has 0 aromatic heterocycles. The van der Waals surface area contributed by atoms with Crippen LogP contribution in [0.25, 0.3) is 0 Å². The maximum Gasteiger partial charge on any atom is 0.336 e. The highest BCUT2D eigenvalue weighted by Gasteiger charge is 2.41. The molecule has 0 radical (unpaired) electrons. The molecule has 1 saturated heterocycles. The summed E-state index contributed by atoms with van der Waals surface area (Å²) in [5, 5.41) is 5.34. The van der Waals surface area contributed by atoms with Crippen LogP contribution in [0, 0.1) is 6.92 Å². The van der Waals surface area contributed by atoms with Crippen LogP contribution in [-0.4, -0.2) is 40.7 Å². The largest absolute Gasteiger partial charge is 0.336 e. The number of nitrogens with zero attached hydrogens (tertiary/aromatic N) is 2. The Labute approximate surface area is 150 Å². The average molecular weight is 395 g/mol. The first kappa shape index (κ1) is 18.5. The number of carbonyl (C=O) groups is 1. The quantitative estimate of drug-likeness (QED) is 0.440. The molecular formula is C13H17Cl2N4O2PS. The fourth-order valence-corrected chi connectivity index (χ4v) is 5.23. The van der Waals surface area contributed by atoms with Crippen molar-refractivity contribution in [2.24, 2.45) is 0 Å². The van der Waals surface area contributed by atoms with Gasteiger partial charge >= 0.3 is 13.6 Å². The summed E-state index contributed by atoms with van der Waals surface area (Å²) in [5.74, 6) is 0.513. The summed E-state index contributed by atoms with van der Waals surface area (Å²) in [4.78, 5) is 13.7. The number of nitrogens with one attached hydrogen (secondary N) is 2. The van der Waals surface area contributed by atoms with Gasteiger partial charge in [-0.05, 0) is 36.8 Å². The van der Waals surface area contributed by atoms with E-state index in [4.69, 9.17) is 35.4 Å². The molecule has 6 nitrogen and oxygen atoms in total. The number of alkyl halides is 2. The summed E-state index contributed by atoms with van der Waals surface area (Å²) in [6.45, 7) is 2.53. The molecule has 1 aromatic carbocycles. The van der Waals surface area contributed by atoms with Crippen molar-refractivity contribution in [2.75, 3.05) is 29.7 Å². The predicted molar refractivity (Wildman–Crippen MR) is 98.5 cm³/mol. The molecule has 1 unspecified atom stereocenters. The van der Waals surface area contributed by atoms with E-state index in [2.05, 4.69) is 10.2 Å². The van der Waals surface area contributed by atoms with Crippen molar-refractivity contribution in [2.45, 2.75) is 6.92 Å². The third-order valence-corrected chi connectivity index (χ3v) is 6.22. The summed E-state index contributed by atoms with van der Waals surface area (Å²) in [6.07, 6.45) is 0. The van der Waals surface area contributed by atoms with Crippen LogP contribution < -0.4 is 15.1 Å². The minimum absolute atomic E-state index is 0.0804. The second kappa shape index (κ2) is 7.81. The molecule has 0 aliphatic carbocycles. The van der Waals surface area contributed by atoms with Crippen molar-refractivity contribution in [1.82, 2.24) is 14.8 Å². The Hall–Kier alpha value is -0.850. The Kier molecular flexibility index (Phi) is 6.28. The molecule has 1 atom stereocenters. The SMILES string of the molecule is Cc1cccc(N2C(=O)NP(=O)(N(CCCl)CCCl)NC2=S)c1. The van der Waals surface area contributed by atoms with E-state index in [9.17, 15) is 9.36 Å². The standard InChI is InChI=1S/C13H17Cl2N4O2PS/c1-10-3-2-4-11(9-10)19-12(20)16-22(21,17-13(19)23)18(7-5-14)8-6-15/h2-4,9H,5-8H2,1H3,(H2,16,17,20,21,23). The molecule has 1 aliphatic rings. The molecule has 1 fully saturated rings. The van der Waals surface area contributed by atoms with Crippen molar-refractivity contribution in [3.05, 3.63) is 29.8 Å². The first-order valence-electron chi connectivity index (χ1n) is 6.90. The van der Waals surface area contributed by atoms with Crippen LogP contribution in [-0.2, 0) is 4.57 Å². The molecule has 0 saturated carbocycles. The monoisotopic (exact) mass is 394 g/mol. The minimum Gasteiger partial charge on any atom is -0.284 e. The number of hydrogen-bond acceptors (Lipinski definition) is 3. The Bertz CT molecular complexity index is 633. The molecule has 1 aromatic rings.